The maximum atomic E-state index is 12.4. The zero-order chi connectivity index (χ0) is 19.2. The van der Waals surface area contributed by atoms with Crippen molar-refractivity contribution in [3.05, 3.63) is 58.3 Å². The minimum absolute atomic E-state index is 0.0198. The summed E-state index contributed by atoms with van der Waals surface area (Å²) in [6, 6.07) is 11.5. The Morgan fingerprint density at radius 3 is 2.70 bits per heavy atom. The summed E-state index contributed by atoms with van der Waals surface area (Å²) in [6.07, 6.45) is 0.722. The van der Waals surface area contributed by atoms with Crippen LogP contribution < -0.4 is 5.32 Å². The number of carboxylic acid groups (broad SMARTS) is 1. The van der Waals surface area contributed by atoms with Crippen LogP contribution in [0.25, 0.3) is 0 Å². The number of benzene rings is 1. The molecule has 0 aliphatic carbocycles. The highest BCUT2D eigenvalue weighted by molar-refractivity contribution is 7.08. The van der Waals surface area contributed by atoms with Gasteiger partial charge in [-0.3, -0.25) is 9.59 Å². The molecule has 2 aromatic rings. The third-order valence-corrected chi connectivity index (χ3v) is 5.50. The largest absolute Gasteiger partial charge is 0.481 e. The van der Waals surface area contributed by atoms with Gasteiger partial charge >= 0.3 is 13.1 Å². The summed E-state index contributed by atoms with van der Waals surface area (Å²) >= 11 is 1.53. The number of rotatable bonds is 7. The van der Waals surface area contributed by atoms with Crippen molar-refractivity contribution in [2.75, 3.05) is 0 Å². The number of carbonyl (C=O) groups excluding carboxylic acids is 1. The molecule has 1 aliphatic rings. The highest BCUT2D eigenvalue weighted by Gasteiger charge is 2.43. The summed E-state index contributed by atoms with van der Waals surface area (Å²) in [5.74, 6) is -1.80. The molecule has 1 fully saturated rings. The molecule has 1 unspecified atom stereocenters. The average molecular weight is 387 g/mol. The zero-order valence-corrected chi connectivity index (χ0v) is 15.6. The number of hydrogen-bond acceptors (Lipinski definition) is 5. The van der Waals surface area contributed by atoms with Crippen molar-refractivity contribution in [3.63, 3.8) is 0 Å². The fourth-order valence-corrected chi connectivity index (χ4v) is 4.14. The minimum atomic E-state index is -1.19. The van der Waals surface area contributed by atoms with Crippen LogP contribution in [0.15, 0.2) is 47.2 Å². The number of nitrogens with one attached hydrogen (secondary N) is 1. The van der Waals surface area contributed by atoms with Gasteiger partial charge in [-0.05, 0) is 40.8 Å². The Bertz CT molecular complexity index is 755. The van der Waals surface area contributed by atoms with Gasteiger partial charge in [-0.1, -0.05) is 30.3 Å². The van der Waals surface area contributed by atoms with Gasteiger partial charge in [0.2, 0.25) is 5.91 Å². The number of carboxylic acids is 1. The first-order chi connectivity index (χ1) is 13.0. The summed E-state index contributed by atoms with van der Waals surface area (Å²) < 4.78 is 5.62. The maximum Gasteiger partial charge on any atom is 0.479 e. The van der Waals surface area contributed by atoms with E-state index in [0.29, 0.717) is 12.8 Å². The first kappa shape index (κ1) is 19.6. The van der Waals surface area contributed by atoms with Crippen LogP contribution in [0.4, 0.5) is 0 Å². The molecule has 3 atom stereocenters. The van der Waals surface area contributed by atoms with Gasteiger partial charge in [-0.25, -0.2) is 0 Å². The fourth-order valence-electron chi connectivity index (χ4n) is 3.47. The SMILES string of the molecule is O=C(O)CC[C@@H]1CC(c2ccccc2)[C@H](NC(=O)Cc2ccsc2)B(O)O1. The van der Waals surface area contributed by atoms with E-state index >= 15 is 0 Å². The molecule has 142 valence electrons. The van der Waals surface area contributed by atoms with Gasteiger partial charge in [0.1, 0.15) is 0 Å². The van der Waals surface area contributed by atoms with E-state index < -0.39 is 19.0 Å². The molecule has 0 spiro atoms. The van der Waals surface area contributed by atoms with Crippen LogP contribution in [-0.2, 0) is 20.7 Å². The molecule has 27 heavy (non-hydrogen) atoms. The molecule has 1 saturated heterocycles. The molecule has 2 heterocycles. The summed E-state index contributed by atoms with van der Waals surface area (Å²) in [4.78, 5) is 23.3. The lowest BCUT2D eigenvalue weighted by molar-refractivity contribution is -0.137. The third-order valence-electron chi connectivity index (χ3n) is 4.77. The number of amides is 1. The van der Waals surface area contributed by atoms with Crippen LogP contribution in [-0.4, -0.2) is 41.2 Å². The molecular formula is C19H22BNO5S. The second kappa shape index (κ2) is 9.17. The van der Waals surface area contributed by atoms with Crippen LogP contribution in [0.3, 0.4) is 0 Å². The Kier molecular flexibility index (Phi) is 6.66. The number of carbonyl (C=O) groups is 2. The highest BCUT2D eigenvalue weighted by Crippen LogP contribution is 2.33. The number of hydrogen-bond donors (Lipinski definition) is 3. The zero-order valence-electron chi connectivity index (χ0n) is 14.8. The molecule has 8 heteroatoms. The van der Waals surface area contributed by atoms with E-state index in [1.54, 1.807) is 0 Å². The lowest BCUT2D eigenvalue weighted by Gasteiger charge is -2.38. The lowest BCUT2D eigenvalue weighted by Crippen LogP contribution is -2.56. The van der Waals surface area contributed by atoms with Crippen molar-refractivity contribution in [2.24, 2.45) is 0 Å². The third kappa shape index (κ3) is 5.41. The van der Waals surface area contributed by atoms with Crippen molar-refractivity contribution < 1.29 is 24.4 Å². The van der Waals surface area contributed by atoms with Gasteiger partial charge < -0.3 is 20.1 Å². The van der Waals surface area contributed by atoms with Gasteiger partial charge in [0.05, 0.1) is 12.4 Å². The quantitative estimate of drug-likeness (QED) is 0.634. The van der Waals surface area contributed by atoms with E-state index in [1.165, 1.54) is 11.3 Å². The van der Waals surface area contributed by atoms with E-state index in [2.05, 4.69) is 5.32 Å². The van der Waals surface area contributed by atoms with Crippen molar-refractivity contribution >= 4 is 30.3 Å². The maximum absolute atomic E-state index is 12.4. The fraction of sp³-hybridized carbons (Fsp3) is 0.368. The molecule has 1 aliphatic heterocycles. The normalized spacial score (nSPS) is 22.4. The average Bonchev–Trinajstić information content (AvgIpc) is 3.15. The molecule has 0 radical (unpaired) electrons. The molecule has 3 N–H and O–H groups in total. The van der Waals surface area contributed by atoms with E-state index in [0.717, 1.165) is 11.1 Å². The summed E-state index contributed by atoms with van der Waals surface area (Å²) in [5.41, 5.74) is 1.92. The molecule has 0 bridgehead atoms. The van der Waals surface area contributed by atoms with Gasteiger partial charge in [-0.15, -0.1) is 0 Å². The highest BCUT2D eigenvalue weighted by atomic mass is 32.1. The molecule has 1 amide bonds. The van der Waals surface area contributed by atoms with E-state index in [1.807, 2.05) is 47.2 Å². The van der Waals surface area contributed by atoms with Crippen LogP contribution in [0.5, 0.6) is 0 Å². The van der Waals surface area contributed by atoms with Crippen molar-refractivity contribution in [1.29, 1.82) is 0 Å². The second-order valence-corrected chi connectivity index (χ2v) is 7.52. The van der Waals surface area contributed by atoms with Crippen LogP contribution in [0, 0.1) is 0 Å². The second-order valence-electron chi connectivity index (χ2n) is 6.74. The van der Waals surface area contributed by atoms with Gasteiger partial charge in [0.15, 0.2) is 0 Å². The predicted octanol–water partition coefficient (Wildman–Crippen LogP) is 2.23. The summed E-state index contributed by atoms with van der Waals surface area (Å²) in [7, 11) is -1.19. The Morgan fingerprint density at radius 1 is 1.26 bits per heavy atom. The van der Waals surface area contributed by atoms with Crippen LogP contribution >= 0.6 is 11.3 Å². The van der Waals surface area contributed by atoms with E-state index in [-0.39, 0.29) is 30.8 Å². The lowest BCUT2D eigenvalue weighted by atomic mass is 9.64. The Balaban J connectivity index is 1.73. The molecule has 3 rings (SSSR count). The van der Waals surface area contributed by atoms with Gasteiger partial charge in [0.25, 0.3) is 0 Å². The summed E-state index contributed by atoms with van der Waals surface area (Å²) in [5, 5.41) is 26.2. The number of aliphatic carboxylic acids is 1. The van der Waals surface area contributed by atoms with Gasteiger partial charge in [0, 0.05) is 18.4 Å². The van der Waals surface area contributed by atoms with Gasteiger partial charge in [-0.2, -0.15) is 11.3 Å². The van der Waals surface area contributed by atoms with Crippen molar-refractivity contribution in [3.8, 4) is 0 Å². The Hall–Kier alpha value is -2.16. The Morgan fingerprint density at radius 2 is 2.04 bits per heavy atom. The first-order valence-electron chi connectivity index (χ1n) is 8.93. The molecule has 1 aromatic carbocycles. The monoisotopic (exact) mass is 387 g/mol. The topological polar surface area (TPSA) is 95.9 Å². The van der Waals surface area contributed by atoms with Crippen molar-refractivity contribution in [2.45, 2.75) is 43.6 Å². The van der Waals surface area contributed by atoms with Crippen molar-refractivity contribution in [1.82, 2.24) is 5.32 Å². The smallest absolute Gasteiger partial charge is 0.479 e. The first-order valence-corrected chi connectivity index (χ1v) is 9.88. The predicted molar refractivity (Wildman–Crippen MR) is 103 cm³/mol. The van der Waals surface area contributed by atoms with Crippen LogP contribution in [0.1, 0.15) is 36.3 Å². The summed E-state index contributed by atoms with van der Waals surface area (Å²) in [6.45, 7) is 0. The molecule has 0 saturated carbocycles. The van der Waals surface area contributed by atoms with E-state index in [9.17, 15) is 14.6 Å². The minimum Gasteiger partial charge on any atom is -0.481 e. The molecular weight excluding hydrogens is 365 g/mol. The standard InChI is InChI=1S/C19H22BNO5S/c22-17(10-13-8-9-27-12-13)21-19-16(14-4-2-1-3-5-14)11-15(26-20(19)25)6-7-18(23)24/h1-5,8-9,12,15-16,19,25H,6-7,10-11H2,(H,21,22)(H,23,24)/t15-,16?,19+/m1/s1. The molecule has 1 aromatic heterocycles. The van der Waals surface area contributed by atoms with Crippen LogP contribution in [0.2, 0.25) is 0 Å². The molecule has 6 nitrogen and oxygen atoms in total. The Labute approximate surface area is 162 Å². The van der Waals surface area contributed by atoms with E-state index in [4.69, 9.17) is 9.76 Å². The number of thiophene rings is 1.